The molecule has 6 heteroatoms. The number of benzene rings is 2. The molecule has 3 aromatic rings. The minimum atomic E-state index is -2.92. The smallest absolute Gasteiger partial charge is 0.387 e. The maximum Gasteiger partial charge on any atom is 0.387 e. The van der Waals surface area contributed by atoms with Gasteiger partial charge in [-0.25, -0.2) is 9.97 Å². The van der Waals surface area contributed by atoms with Crippen LogP contribution < -0.4 is 4.74 Å². The number of carbonyl (C=O) groups excluding carboxylic acids is 1. The van der Waals surface area contributed by atoms with Gasteiger partial charge >= 0.3 is 6.61 Å². The molecule has 0 atom stereocenters. The molecular formula is C19H14F2N2O2. The molecule has 0 bridgehead atoms. The zero-order chi connectivity index (χ0) is 17.8. The summed E-state index contributed by atoms with van der Waals surface area (Å²) < 4.78 is 30.0. The minimum Gasteiger partial charge on any atom is -0.434 e. The molecule has 126 valence electrons. The molecule has 0 radical (unpaired) electrons. The Balaban J connectivity index is 2.10. The molecule has 0 unspecified atom stereocenters. The summed E-state index contributed by atoms with van der Waals surface area (Å²) >= 11 is 0. The van der Waals surface area contributed by atoms with E-state index in [0.717, 1.165) is 5.56 Å². The van der Waals surface area contributed by atoms with Gasteiger partial charge in [0.25, 0.3) is 0 Å². The van der Waals surface area contributed by atoms with Crippen molar-refractivity contribution in [3.05, 3.63) is 66.0 Å². The number of aromatic nitrogens is 2. The van der Waals surface area contributed by atoms with Crippen molar-refractivity contribution in [2.24, 2.45) is 0 Å². The summed E-state index contributed by atoms with van der Waals surface area (Å²) in [7, 11) is 0. The Hall–Kier alpha value is -3.15. The first-order valence-corrected chi connectivity index (χ1v) is 7.52. The van der Waals surface area contributed by atoms with Crippen LogP contribution in [0.3, 0.4) is 0 Å². The topological polar surface area (TPSA) is 52.1 Å². The third kappa shape index (κ3) is 3.68. The molecule has 0 spiro atoms. The van der Waals surface area contributed by atoms with E-state index < -0.39 is 6.61 Å². The van der Waals surface area contributed by atoms with Gasteiger partial charge in [-0.05, 0) is 30.7 Å². The summed E-state index contributed by atoms with van der Waals surface area (Å²) in [4.78, 5) is 19.4. The van der Waals surface area contributed by atoms with Crippen LogP contribution in [0.2, 0.25) is 0 Å². The Kier molecular flexibility index (Phi) is 4.79. The fraction of sp³-hybridized carbons (Fsp3) is 0.105. The first-order valence-electron chi connectivity index (χ1n) is 7.52. The Morgan fingerprint density at radius 1 is 1.08 bits per heavy atom. The molecule has 0 amide bonds. The Morgan fingerprint density at radius 3 is 2.48 bits per heavy atom. The average Bonchev–Trinajstić information content (AvgIpc) is 2.62. The van der Waals surface area contributed by atoms with Gasteiger partial charge < -0.3 is 4.74 Å². The third-order valence-electron chi connectivity index (χ3n) is 3.68. The van der Waals surface area contributed by atoms with Crippen molar-refractivity contribution in [3.8, 4) is 28.3 Å². The van der Waals surface area contributed by atoms with Gasteiger partial charge in [-0.15, -0.1) is 0 Å². The predicted molar refractivity (Wildman–Crippen MR) is 89.7 cm³/mol. The number of alkyl halides is 2. The fourth-order valence-electron chi connectivity index (χ4n) is 2.44. The van der Waals surface area contributed by atoms with Gasteiger partial charge in [0.1, 0.15) is 5.75 Å². The van der Waals surface area contributed by atoms with Gasteiger partial charge in [0.05, 0.1) is 11.3 Å². The van der Waals surface area contributed by atoms with Gasteiger partial charge in [-0.2, -0.15) is 8.78 Å². The zero-order valence-electron chi connectivity index (χ0n) is 13.3. The fourth-order valence-corrected chi connectivity index (χ4v) is 2.44. The number of hydrogen-bond acceptors (Lipinski definition) is 4. The third-order valence-corrected chi connectivity index (χ3v) is 3.68. The van der Waals surface area contributed by atoms with E-state index in [1.807, 2.05) is 18.2 Å². The first kappa shape index (κ1) is 16.7. The summed E-state index contributed by atoms with van der Waals surface area (Å²) in [6.45, 7) is -1.21. The molecule has 0 aliphatic rings. The number of hydrogen-bond donors (Lipinski definition) is 0. The van der Waals surface area contributed by atoms with Crippen LogP contribution in [0, 0.1) is 6.92 Å². The van der Waals surface area contributed by atoms with Gasteiger partial charge in [-0.3, -0.25) is 4.79 Å². The maximum absolute atomic E-state index is 12.7. The van der Waals surface area contributed by atoms with Gasteiger partial charge in [0.2, 0.25) is 0 Å². The first-order chi connectivity index (χ1) is 12.1. The number of ether oxygens (including phenoxy) is 1. The molecule has 4 nitrogen and oxygen atoms in total. The van der Waals surface area contributed by atoms with Crippen molar-refractivity contribution in [3.63, 3.8) is 0 Å². The van der Waals surface area contributed by atoms with Crippen LogP contribution in [0.1, 0.15) is 16.1 Å². The maximum atomic E-state index is 12.7. The van der Waals surface area contributed by atoms with Crippen LogP contribution in [-0.2, 0) is 0 Å². The highest BCUT2D eigenvalue weighted by Gasteiger charge is 2.14. The van der Waals surface area contributed by atoms with Crippen molar-refractivity contribution in [1.29, 1.82) is 0 Å². The van der Waals surface area contributed by atoms with E-state index in [4.69, 9.17) is 0 Å². The SMILES string of the molecule is Cc1nc(-c2ccc(OC(F)F)c(-c3ccccc3)c2)ncc1C=O. The van der Waals surface area contributed by atoms with Gasteiger partial charge in [0.15, 0.2) is 12.1 Å². The van der Waals surface area contributed by atoms with E-state index in [1.54, 1.807) is 31.2 Å². The van der Waals surface area contributed by atoms with E-state index in [1.165, 1.54) is 12.3 Å². The molecule has 0 N–H and O–H groups in total. The van der Waals surface area contributed by atoms with Gasteiger partial charge in [0, 0.05) is 17.3 Å². The second kappa shape index (κ2) is 7.17. The lowest BCUT2D eigenvalue weighted by atomic mass is 10.0. The van der Waals surface area contributed by atoms with Crippen LogP contribution in [0.25, 0.3) is 22.5 Å². The van der Waals surface area contributed by atoms with E-state index >= 15 is 0 Å². The molecule has 0 saturated heterocycles. The zero-order valence-corrected chi connectivity index (χ0v) is 13.3. The number of rotatable bonds is 5. The minimum absolute atomic E-state index is 0.0752. The average molecular weight is 340 g/mol. The van der Waals surface area contributed by atoms with Crippen LogP contribution in [0.5, 0.6) is 5.75 Å². The lowest BCUT2D eigenvalue weighted by Crippen LogP contribution is -2.03. The van der Waals surface area contributed by atoms with Crippen LogP contribution in [-0.4, -0.2) is 22.9 Å². The van der Waals surface area contributed by atoms with Gasteiger partial charge in [-0.1, -0.05) is 30.3 Å². The lowest BCUT2D eigenvalue weighted by molar-refractivity contribution is -0.0494. The van der Waals surface area contributed by atoms with E-state index in [2.05, 4.69) is 14.7 Å². The summed E-state index contributed by atoms with van der Waals surface area (Å²) in [5, 5.41) is 0. The molecule has 0 saturated carbocycles. The Bertz CT molecular complexity index is 899. The molecule has 0 aliphatic carbocycles. The normalized spacial score (nSPS) is 10.7. The molecule has 1 aromatic heterocycles. The highest BCUT2D eigenvalue weighted by Crippen LogP contribution is 2.34. The van der Waals surface area contributed by atoms with Crippen molar-refractivity contribution in [2.45, 2.75) is 13.5 Å². The number of halogens is 2. The van der Waals surface area contributed by atoms with Crippen molar-refractivity contribution < 1.29 is 18.3 Å². The standard InChI is InChI=1S/C19H14F2N2O2/c1-12-15(11-24)10-22-18(23-12)14-7-8-17(25-19(20)21)16(9-14)13-5-3-2-4-6-13/h2-11,19H,1H3. The molecular weight excluding hydrogens is 326 g/mol. The largest absolute Gasteiger partial charge is 0.434 e. The summed E-state index contributed by atoms with van der Waals surface area (Å²) in [6.07, 6.45) is 2.13. The Morgan fingerprint density at radius 2 is 1.84 bits per heavy atom. The molecule has 2 aromatic carbocycles. The predicted octanol–water partition coefficient (Wildman–Crippen LogP) is 4.53. The van der Waals surface area contributed by atoms with Crippen molar-refractivity contribution in [1.82, 2.24) is 9.97 Å². The Labute approximate surface area is 143 Å². The van der Waals surface area contributed by atoms with E-state index in [9.17, 15) is 13.6 Å². The number of carbonyl (C=O) groups is 1. The number of aldehydes is 1. The highest BCUT2D eigenvalue weighted by molar-refractivity contribution is 5.78. The van der Waals surface area contributed by atoms with Crippen molar-refractivity contribution >= 4 is 6.29 Å². The van der Waals surface area contributed by atoms with Crippen LogP contribution >= 0.6 is 0 Å². The quantitative estimate of drug-likeness (QED) is 0.640. The van der Waals surface area contributed by atoms with E-state index in [-0.39, 0.29) is 5.75 Å². The summed E-state index contributed by atoms with van der Waals surface area (Å²) in [5.41, 5.74) is 2.85. The monoisotopic (exact) mass is 340 g/mol. The summed E-state index contributed by atoms with van der Waals surface area (Å²) in [6, 6.07) is 13.9. The molecule has 3 rings (SSSR count). The van der Waals surface area contributed by atoms with E-state index in [0.29, 0.717) is 34.5 Å². The molecule has 1 heterocycles. The second-order valence-electron chi connectivity index (χ2n) is 5.31. The second-order valence-corrected chi connectivity index (χ2v) is 5.31. The van der Waals surface area contributed by atoms with Crippen LogP contribution in [0.15, 0.2) is 54.7 Å². The lowest BCUT2D eigenvalue weighted by Gasteiger charge is -2.13. The van der Waals surface area contributed by atoms with Crippen LogP contribution in [0.4, 0.5) is 8.78 Å². The van der Waals surface area contributed by atoms with Crippen molar-refractivity contribution in [2.75, 3.05) is 0 Å². The number of aryl methyl sites for hydroxylation is 1. The molecule has 25 heavy (non-hydrogen) atoms. The molecule has 0 aliphatic heterocycles. The summed E-state index contributed by atoms with van der Waals surface area (Å²) in [5.74, 6) is 0.482. The highest BCUT2D eigenvalue weighted by atomic mass is 19.3. The number of nitrogens with zero attached hydrogens (tertiary/aromatic N) is 2. The molecule has 0 fully saturated rings.